The van der Waals surface area contributed by atoms with E-state index in [1.807, 2.05) is 4.90 Å². The van der Waals surface area contributed by atoms with E-state index in [2.05, 4.69) is 19.2 Å². The fraction of sp³-hybridized carbons (Fsp3) is 0.900. The van der Waals surface area contributed by atoms with Crippen LogP contribution in [0.25, 0.3) is 0 Å². The number of likely N-dealkylation sites (tertiary alicyclic amines) is 1. The number of hydrogen-bond acceptors (Lipinski definition) is 2. The minimum absolute atomic E-state index is 0.133. The molecule has 13 heavy (non-hydrogen) atoms. The van der Waals surface area contributed by atoms with Crippen LogP contribution < -0.4 is 5.32 Å². The van der Waals surface area contributed by atoms with Crippen LogP contribution in [0.2, 0.25) is 0 Å². The Kier molecular flexibility index (Phi) is 2.06. The fourth-order valence-electron chi connectivity index (χ4n) is 2.02. The van der Waals surface area contributed by atoms with E-state index in [0.29, 0.717) is 11.3 Å². The molecule has 1 N–H and O–H groups in total. The number of hydrogen-bond donors (Lipinski definition) is 1. The molecule has 0 bridgehead atoms. The Labute approximate surface area is 79.5 Å². The molecule has 0 saturated carbocycles. The molecule has 2 heterocycles. The zero-order valence-corrected chi connectivity index (χ0v) is 8.47. The molecule has 3 nitrogen and oxygen atoms in total. The first kappa shape index (κ1) is 9.00. The fourth-order valence-corrected chi connectivity index (χ4v) is 2.02. The summed E-state index contributed by atoms with van der Waals surface area (Å²) in [6.45, 7) is 7.35. The van der Waals surface area contributed by atoms with Crippen LogP contribution in [0.1, 0.15) is 26.7 Å². The predicted molar refractivity (Wildman–Crippen MR) is 51.4 cm³/mol. The molecular formula is C10H18N2O. The van der Waals surface area contributed by atoms with Crippen LogP contribution in [0.15, 0.2) is 0 Å². The zero-order valence-electron chi connectivity index (χ0n) is 8.47. The molecule has 0 aromatic carbocycles. The van der Waals surface area contributed by atoms with Gasteiger partial charge in [0.1, 0.15) is 0 Å². The number of nitrogens with one attached hydrogen (secondary N) is 1. The van der Waals surface area contributed by atoms with E-state index in [4.69, 9.17) is 0 Å². The number of nitrogens with zero attached hydrogens (tertiary/aromatic N) is 1. The van der Waals surface area contributed by atoms with E-state index in [1.165, 1.54) is 0 Å². The molecule has 2 aliphatic rings. The molecule has 1 unspecified atom stereocenters. The van der Waals surface area contributed by atoms with Crippen molar-refractivity contribution in [2.24, 2.45) is 5.41 Å². The number of carbonyl (C=O) groups excluding carboxylic acids is 1. The van der Waals surface area contributed by atoms with E-state index < -0.39 is 0 Å². The second kappa shape index (κ2) is 2.98. The van der Waals surface area contributed by atoms with Crippen LogP contribution in [0.5, 0.6) is 0 Å². The van der Waals surface area contributed by atoms with Gasteiger partial charge < -0.3 is 10.2 Å². The van der Waals surface area contributed by atoms with Gasteiger partial charge in [0.15, 0.2) is 0 Å². The molecule has 0 aromatic rings. The Morgan fingerprint density at radius 1 is 1.54 bits per heavy atom. The Hall–Kier alpha value is -0.570. The van der Waals surface area contributed by atoms with Crippen LogP contribution in [0.4, 0.5) is 0 Å². The van der Waals surface area contributed by atoms with E-state index in [-0.39, 0.29) is 6.04 Å². The molecule has 1 atom stereocenters. The summed E-state index contributed by atoms with van der Waals surface area (Å²) in [7, 11) is 0. The van der Waals surface area contributed by atoms with Crippen molar-refractivity contribution in [2.45, 2.75) is 32.7 Å². The summed E-state index contributed by atoms with van der Waals surface area (Å²) in [5.74, 6) is 0.317. The predicted octanol–water partition coefficient (Wildman–Crippen LogP) is 0.607. The lowest BCUT2D eigenvalue weighted by Crippen LogP contribution is -2.54. The van der Waals surface area contributed by atoms with Gasteiger partial charge in [0.05, 0.1) is 6.04 Å². The van der Waals surface area contributed by atoms with Gasteiger partial charge >= 0.3 is 0 Å². The van der Waals surface area contributed by atoms with Crippen LogP contribution in [0, 0.1) is 5.41 Å². The maximum Gasteiger partial charge on any atom is 0.239 e. The highest BCUT2D eigenvalue weighted by Gasteiger charge is 2.36. The lowest BCUT2D eigenvalue weighted by molar-refractivity contribution is -0.134. The minimum atomic E-state index is 0.133. The lowest BCUT2D eigenvalue weighted by Gasteiger charge is -2.31. The summed E-state index contributed by atoms with van der Waals surface area (Å²) in [6, 6.07) is 0.133. The zero-order chi connectivity index (χ0) is 9.47. The molecule has 1 amide bonds. The van der Waals surface area contributed by atoms with E-state index >= 15 is 0 Å². The SMILES string of the molecule is CC1(C)CCN(C(=O)C2CCN2)C1. The lowest BCUT2D eigenvalue weighted by atomic mass is 9.93. The maximum atomic E-state index is 11.8. The number of rotatable bonds is 1. The third-order valence-corrected chi connectivity index (χ3v) is 3.11. The van der Waals surface area contributed by atoms with Crippen molar-refractivity contribution in [1.29, 1.82) is 0 Å². The van der Waals surface area contributed by atoms with E-state index in [0.717, 1.165) is 32.5 Å². The van der Waals surface area contributed by atoms with Gasteiger partial charge in [-0.25, -0.2) is 0 Å². The van der Waals surface area contributed by atoms with Gasteiger partial charge in [0.25, 0.3) is 0 Å². The molecular weight excluding hydrogens is 164 g/mol. The Morgan fingerprint density at radius 3 is 2.62 bits per heavy atom. The monoisotopic (exact) mass is 182 g/mol. The maximum absolute atomic E-state index is 11.8. The van der Waals surface area contributed by atoms with Gasteiger partial charge in [-0.3, -0.25) is 4.79 Å². The summed E-state index contributed by atoms with van der Waals surface area (Å²) in [5, 5.41) is 3.16. The third kappa shape index (κ3) is 1.70. The molecule has 0 aliphatic carbocycles. The second-order valence-corrected chi connectivity index (χ2v) is 4.97. The standard InChI is InChI=1S/C10H18N2O/c1-10(2)4-6-12(7-10)9(13)8-3-5-11-8/h8,11H,3-7H2,1-2H3. The summed E-state index contributed by atoms with van der Waals surface area (Å²) in [5.41, 5.74) is 0.333. The highest BCUT2D eigenvalue weighted by Crippen LogP contribution is 2.29. The van der Waals surface area contributed by atoms with Crippen molar-refractivity contribution in [1.82, 2.24) is 10.2 Å². The molecule has 2 fully saturated rings. The van der Waals surface area contributed by atoms with Gasteiger partial charge in [-0.05, 0) is 24.8 Å². The Bertz CT molecular complexity index is 221. The molecule has 0 spiro atoms. The van der Waals surface area contributed by atoms with Gasteiger partial charge in [0, 0.05) is 13.1 Å². The van der Waals surface area contributed by atoms with Crippen LogP contribution >= 0.6 is 0 Å². The molecule has 3 heteroatoms. The number of carbonyl (C=O) groups is 1. The van der Waals surface area contributed by atoms with Crippen LogP contribution in [0.3, 0.4) is 0 Å². The van der Waals surface area contributed by atoms with Crippen molar-refractivity contribution in [3.8, 4) is 0 Å². The smallest absolute Gasteiger partial charge is 0.239 e. The normalized spacial score (nSPS) is 31.5. The first-order valence-electron chi connectivity index (χ1n) is 5.11. The highest BCUT2D eigenvalue weighted by molar-refractivity contribution is 5.83. The summed E-state index contributed by atoms with van der Waals surface area (Å²) in [6.07, 6.45) is 2.17. The summed E-state index contributed by atoms with van der Waals surface area (Å²) in [4.78, 5) is 13.8. The topological polar surface area (TPSA) is 32.3 Å². The summed E-state index contributed by atoms with van der Waals surface area (Å²) < 4.78 is 0. The molecule has 2 aliphatic heterocycles. The number of amides is 1. The van der Waals surface area contributed by atoms with Gasteiger partial charge in [-0.2, -0.15) is 0 Å². The van der Waals surface area contributed by atoms with Gasteiger partial charge in [-0.15, -0.1) is 0 Å². The average Bonchev–Trinajstić information content (AvgIpc) is 2.26. The summed E-state index contributed by atoms with van der Waals surface area (Å²) >= 11 is 0. The second-order valence-electron chi connectivity index (χ2n) is 4.97. The van der Waals surface area contributed by atoms with E-state index in [1.54, 1.807) is 0 Å². The minimum Gasteiger partial charge on any atom is -0.341 e. The highest BCUT2D eigenvalue weighted by atomic mass is 16.2. The molecule has 2 rings (SSSR count). The van der Waals surface area contributed by atoms with Crippen LogP contribution in [-0.2, 0) is 4.79 Å². The molecule has 2 saturated heterocycles. The molecule has 74 valence electrons. The van der Waals surface area contributed by atoms with Gasteiger partial charge in [-0.1, -0.05) is 13.8 Å². The quantitative estimate of drug-likeness (QED) is 0.644. The Balaban J connectivity index is 1.91. The first-order chi connectivity index (χ1) is 6.08. The van der Waals surface area contributed by atoms with E-state index in [9.17, 15) is 4.79 Å². The van der Waals surface area contributed by atoms with Gasteiger partial charge in [0.2, 0.25) is 5.91 Å². The van der Waals surface area contributed by atoms with Crippen LogP contribution in [-0.4, -0.2) is 36.5 Å². The molecule has 0 aromatic heterocycles. The Morgan fingerprint density at radius 2 is 2.23 bits per heavy atom. The van der Waals surface area contributed by atoms with Crippen molar-refractivity contribution < 1.29 is 4.79 Å². The third-order valence-electron chi connectivity index (χ3n) is 3.11. The van der Waals surface area contributed by atoms with Crippen molar-refractivity contribution >= 4 is 5.91 Å². The largest absolute Gasteiger partial charge is 0.341 e. The van der Waals surface area contributed by atoms with Crippen molar-refractivity contribution in [2.75, 3.05) is 19.6 Å². The first-order valence-corrected chi connectivity index (χ1v) is 5.11. The van der Waals surface area contributed by atoms with Crippen molar-refractivity contribution in [3.63, 3.8) is 0 Å². The average molecular weight is 182 g/mol. The van der Waals surface area contributed by atoms with Crippen molar-refractivity contribution in [3.05, 3.63) is 0 Å². The molecule has 0 radical (unpaired) electrons.